The maximum Gasteiger partial charge on any atom is 0.326 e. The van der Waals surface area contributed by atoms with Gasteiger partial charge in [-0.3, -0.25) is 14.6 Å². The Bertz CT molecular complexity index is 726. The summed E-state index contributed by atoms with van der Waals surface area (Å²) in [6.07, 6.45) is 3.55. The molecule has 3 aliphatic rings. The Morgan fingerprint density at radius 2 is 1.76 bits per heavy atom. The first-order valence-corrected chi connectivity index (χ1v) is 11.8. The molecule has 4 rings (SSSR count). The van der Waals surface area contributed by atoms with Crippen molar-refractivity contribution >= 4 is 23.3 Å². The van der Waals surface area contributed by atoms with Crippen LogP contribution in [0.2, 0.25) is 0 Å². The average molecular weight is 419 g/mol. The van der Waals surface area contributed by atoms with Gasteiger partial charge in [-0.05, 0) is 48.5 Å². The Kier molecular flexibility index (Phi) is 5.75. The number of amides is 3. The lowest BCUT2D eigenvalue weighted by atomic mass is 9.67. The highest BCUT2D eigenvalue weighted by molar-refractivity contribution is 7.09. The molecule has 3 fully saturated rings. The van der Waals surface area contributed by atoms with Crippen LogP contribution in [0.1, 0.15) is 51.3 Å². The van der Waals surface area contributed by atoms with Gasteiger partial charge in [-0.2, -0.15) is 0 Å². The normalized spacial score (nSPS) is 29.6. The number of nitrogens with one attached hydrogen (secondary N) is 1. The lowest BCUT2D eigenvalue weighted by Crippen LogP contribution is -2.53. The van der Waals surface area contributed by atoms with Crippen molar-refractivity contribution in [1.82, 2.24) is 20.0 Å². The maximum absolute atomic E-state index is 13.2. The molecule has 7 heteroatoms. The number of carbonyl (C=O) groups is 2. The molecule has 3 amide bonds. The maximum atomic E-state index is 13.2. The molecule has 0 atom stereocenters. The minimum absolute atomic E-state index is 0.00382. The first-order chi connectivity index (χ1) is 13.8. The number of imide groups is 1. The Labute approximate surface area is 178 Å². The van der Waals surface area contributed by atoms with Crippen LogP contribution in [0.5, 0.6) is 0 Å². The van der Waals surface area contributed by atoms with Gasteiger partial charge in [0.25, 0.3) is 5.91 Å². The van der Waals surface area contributed by atoms with Crippen molar-refractivity contribution in [2.24, 2.45) is 11.3 Å². The van der Waals surface area contributed by atoms with Gasteiger partial charge >= 0.3 is 6.03 Å². The minimum atomic E-state index is -0.653. The highest BCUT2D eigenvalue weighted by atomic mass is 32.1. The number of carbonyl (C=O) groups excluding carboxylic acids is 2. The lowest BCUT2D eigenvalue weighted by Gasteiger charge is -2.41. The minimum Gasteiger partial charge on any atom is -0.323 e. The molecule has 6 nitrogen and oxygen atoms in total. The smallest absolute Gasteiger partial charge is 0.323 e. The van der Waals surface area contributed by atoms with E-state index in [-0.39, 0.29) is 17.4 Å². The summed E-state index contributed by atoms with van der Waals surface area (Å²) in [5.74, 6) is 0.610. The summed E-state index contributed by atoms with van der Waals surface area (Å²) in [4.78, 5) is 33.4. The number of urea groups is 1. The van der Waals surface area contributed by atoms with E-state index >= 15 is 0 Å². The molecular formula is C22H34N4O2S. The summed E-state index contributed by atoms with van der Waals surface area (Å²) in [5.41, 5.74) is -0.393. The zero-order valence-electron chi connectivity index (χ0n) is 17.9. The van der Waals surface area contributed by atoms with Crippen LogP contribution in [0.4, 0.5) is 4.79 Å². The van der Waals surface area contributed by atoms with Crippen LogP contribution in [0.25, 0.3) is 0 Å². The van der Waals surface area contributed by atoms with Crippen molar-refractivity contribution in [3.63, 3.8) is 0 Å². The Morgan fingerprint density at radius 1 is 1.10 bits per heavy atom. The van der Waals surface area contributed by atoms with Gasteiger partial charge in [0.15, 0.2) is 0 Å². The fraction of sp³-hybridized carbons (Fsp3) is 0.727. The van der Waals surface area contributed by atoms with Gasteiger partial charge in [0.1, 0.15) is 5.54 Å². The average Bonchev–Trinajstić information content (AvgIpc) is 3.26. The Morgan fingerprint density at radius 3 is 2.34 bits per heavy atom. The molecule has 160 valence electrons. The topological polar surface area (TPSA) is 55.9 Å². The molecule has 1 aliphatic carbocycles. The van der Waals surface area contributed by atoms with E-state index in [0.29, 0.717) is 12.6 Å². The third-order valence-electron chi connectivity index (χ3n) is 7.08. The van der Waals surface area contributed by atoms with Gasteiger partial charge < -0.3 is 5.32 Å². The second-order valence-corrected chi connectivity index (χ2v) is 11.0. The van der Waals surface area contributed by atoms with E-state index in [0.717, 1.165) is 58.4 Å². The molecule has 1 N–H and O–H groups in total. The molecule has 1 aromatic rings. The lowest BCUT2D eigenvalue weighted by molar-refractivity contribution is -0.134. The van der Waals surface area contributed by atoms with E-state index < -0.39 is 5.54 Å². The van der Waals surface area contributed by atoms with Crippen molar-refractivity contribution in [3.05, 3.63) is 22.4 Å². The molecule has 3 heterocycles. The zero-order valence-corrected chi connectivity index (χ0v) is 18.8. The fourth-order valence-corrected chi connectivity index (χ4v) is 5.78. The summed E-state index contributed by atoms with van der Waals surface area (Å²) in [6.45, 7) is 12.0. The fourth-order valence-electron chi connectivity index (χ4n) is 5.03. The molecule has 0 radical (unpaired) electrons. The van der Waals surface area contributed by atoms with E-state index in [1.54, 1.807) is 11.3 Å². The summed E-state index contributed by atoms with van der Waals surface area (Å²) in [5, 5.41) is 5.19. The molecule has 2 aliphatic heterocycles. The van der Waals surface area contributed by atoms with Gasteiger partial charge in [-0.1, -0.05) is 26.8 Å². The zero-order chi connectivity index (χ0) is 20.6. The Hall–Kier alpha value is -1.44. The van der Waals surface area contributed by atoms with Crippen LogP contribution in [-0.4, -0.2) is 65.0 Å². The molecule has 1 saturated carbocycles. The van der Waals surface area contributed by atoms with Gasteiger partial charge in [0.05, 0.1) is 6.67 Å². The van der Waals surface area contributed by atoms with Gasteiger partial charge in [0, 0.05) is 37.6 Å². The van der Waals surface area contributed by atoms with Crippen LogP contribution < -0.4 is 5.32 Å². The second-order valence-electron chi connectivity index (χ2n) is 10.0. The number of rotatable bonds is 4. The molecule has 0 aromatic carbocycles. The molecule has 1 spiro atoms. The van der Waals surface area contributed by atoms with Crippen LogP contribution in [0, 0.1) is 11.3 Å². The molecular weight excluding hydrogens is 384 g/mol. The van der Waals surface area contributed by atoms with Crippen molar-refractivity contribution in [3.8, 4) is 0 Å². The summed E-state index contributed by atoms with van der Waals surface area (Å²) < 4.78 is 0. The van der Waals surface area contributed by atoms with Gasteiger partial charge in [0.2, 0.25) is 0 Å². The summed E-state index contributed by atoms with van der Waals surface area (Å²) in [7, 11) is 0. The quantitative estimate of drug-likeness (QED) is 0.762. The summed E-state index contributed by atoms with van der Waals surface area (Å²) in [6, 6.07) is 4.07. The predicted octanol–water partition coefficient (Wildman–Crippen LogP) is 3.35. The number of nitrogens with zero attached hydrogens (tertiary/aromatic N) is 3. The van der Waals surface area contributed by atoms with Crippen LogP contribution >= 0.6 is 11.3 Å². The molecule has 0 unspecified atom stereocenters. The van der Waals surface area contributed by atoms with Gasteiger partial charge in [-0.25, -0.2) is 9.69 Å². The van der Waals surface area contributed by atoms with Crippen LogP contribution in [0.15, 0.2) is 17.5 Å². The van der Waals surface area contributed by atoms with E-state index in [1.165, 1.54) is 9.78 Å². The second kappa shape index (κ2) is 8.00. The number of hydrogen-bond donors (Lipinski definition) is 1. The van der Waals surface area contributed by atoms with E-state index in [9.17, 15) is 9.59 Å². The van der Waals surface area contributed by atoms with Crippen molar-refractivity contribution in [2.45, 2.75) is 58.5 Å². The van der Waals surface area contributed by atoms with E-state index in [1.807, 2.05) is 0 Å². The largest absolute Gasteiger partial charge is 0.326 e. The SMILES string of the molecule is CC(C)(C)C1CCC2(CC1)NC(=O)N(CN1CCN(Cc3cccs3)CC1)C2=O. The number of thiophene rings is 1. The first-order valence-electron chi connectivity index (χ1n) is 10.9. The van der Waals surface area contributed by atoms with Crippen molar-refractivity contribution in [1.29, 1.82) is 0 Å². The predicted molar refractivity (Wildman–Crippen MR) is 116 cm³/mol. The molecule has 2 saturated heterocycles. The van der Waals surface area contributed by atoms with E-state index in [4.69, 9.17) is 0 Å². The molecule has 29 heavy (non-hydrogen) atoms. The summed E-state index contributed by atoms with van der Waals surface area (Å²) >= 11 is 1.80. The van der Waals surface area contributed by atoms with Crippen LogP contribution in [0.3, 0.4) is 0 Å². The molecule has 1 aromatic heterocycles. The third-order valence-corrected chi connectivity index (χ3v) is 7.94. The highest BCUT2D eigenvalue weighted by Crippen LogP contribution is 2.43. The van der Waals surface area contributed by atoms with Crippen LogP contribution in [-0.2, 0) is 11.3 Å². The standard InChI is InChI=1S/C22H34N4O2S/c1-21(2,3)17-6-8-22(9-7-17)19(27)26(20(28)23-22)16-25-12-10-24(11-13-25)15-18-5-4-14-29-18/h4-5,14,17H,6-13,15-16H2,1-3H3,(H,23,28). The Balaban J connectivity index is 1.30. The van der Waals surface area contributed by atoms with Gasteiger partial charge in [-0.15, -0.1) is 11.3 Å². The first kappa shape index (κ1) is 20.8. The number of piperazine rings is 1. The van der Waals surface area contributed by atoms with Crippen molar-refractivity contribution < 1.29 is 9.59 Å². The monoisotopic (exact) mass is 418 g/mol. The molecule has 0 bridgehead atoms. The van der Waals surface area contributed by atoms with Crippen molar-refractivity contribution in [2.75, 3.05) is 32.8 Å². The van der Waals surface area contributed by atoms with E-state index in [2.05, 4.69) is 53.4 Å². The highest BCUT2D eigenvalue weighted by Gasteiger charge is 2.53. The third kappa shape index (κ3) is 4.37. The number of hydrogen-bond acceptors (Lipinski definition) is 5.